The summed E-state index contributed by atoms with van der Waals surface area (Å²) in [6.45, 7) is 1.95. The van der Waals surface area contributed by atoms with Crippen LogP contribution in [0.15, 0.2) is 30.0 Å². The molecule has 1 aromatic rings. The molecule has 17 heavy (non-hydrogen) atoms. The van der Waals surface area contributed by atoms with Crippen molar-refractivity contribution in [2.45, 2.75) is 19.8 Å². The summed E-state index contributed by atoms with van der Waals surface area (Å²) in [5.41, 5.74) is 1.00. The number of benzene rings is 1. The molecule has 1 aliphatic rings. The van der Waals surface area contributed by atoms with E-state index in [1.807, 2.05) is 13.0 Å². The van der Waals surface area contributed by atoms with Gasteiger partial charge in [-0.2, -0.15) is 0 Å². The number of para-hydroxylation sites is 1. The van der Waals surface area contributed by atoms with E-state index in [9.17, 15) is 9.90 Å². The summed E-state index contributed by atoms with van der Waals surface area (Å²) in [6.07, 6.45) is 1.30. The third kappa shape index (κ3) is 3.10. The smallest absolute Gasteiger partial charge is 0.347 e. The molecule has 0 amide bonds. The third-order valence-corrected chi connectivity index (χ3v) is 2.34. The number of carbonyl (C=O) groups is 1. The molecule has 4 nitrogen and oxygen atoms in total. The molecule has 0 aliphatic carbocycles. The van der Waals surface area contributed by atoms with Gasteiger partial charge in [0.05, 0.1) is 0 Å². The summed E-state index contributed by atoms with van der Waals surface area (Å²) in [4.78, 5) is 11.5. The summed E-state index contributed by atoms with van der Waals surface area (Å²) in [7, 11) is 0. The minimum absolute atomic E-state index is 0. The van der Waals surface area contributed by atoms with Crippen LogP contribution in [0, 0.1) is 0 Å². The monoisotopic (exact) mass is 245 g/mol. The number of hydrogen-bond donors (Lipinski definition) is 1. The minimum Gasteiger partial charge on any atom is -0.511 e. The van der Waals surface area contributed by atoms with Crippen LogP contribution in [0.5, 0.6) is 5.75 Å². The predicted octanol–water partition coefficient (Wildman–Crippen LogP) is 1.47. The van der Waals surface area contributed by atoms with Crippen molar-refractivity contribution in [1.82, 2.24) is 0 Å². The molecule has 3 N–H and O–H groups in total. The first-order valence-electron chi connectivity index (χ1n) is 4.97. The van der Waals surface area contributed by atoms with E-state index in [-0.39, 0.29) is 40.8 Å². The van der Waals surface area contributed by atoms with Crippen molar-refractivity contribution in [2.75, 3.05) is 0 Å². The summed E-state index contributed by atoms with van der Waals surface area (Å²) in [5, 5.41) is 9.74. The number of allylic oxidation sites excluding steroid dienone is 1. The van der Waals surface area contributed by atoms with Crippen molar-refractivity contribution in [2.24, 2.45) is 0 Å². The van der Waals surface area contributed by atoms with Crippen LogP contribution in [0.2, 0.25) is 0 Å². The zero-order chi connectivity index (χ0) is 10.8. The van der Waals surface area contributed by atoms with Crippen LogP contribution in [-0.2, 0) is 4.79 Å². The molecule has 5 heteroatoms. The number of ether oxygens (including phenoxy) is 1. The second kappa shape index (κ2) is 6.81. The van der Waals surface area contributed by atoms with E-state index in [4.69, 9.17) is 4.74 Å². The number of hydrogen-bond acceptors (Lipinski definition) is 3. The van der Waals surface area contributed by atoms with E-state index in [1.54, 1.807) is 18.2 Å². The van der Waals surface area contributed by atoms with Crippen LogP contribution in [-0.4, -0.2) is 46.1 Å². The Morgan fingerprint density at radius 3 is 2.65 bits per heavy atom. The number of esters is 1. The van der Waals surface area contributed by atoms with Gasteiger partial charge in [-0.1, -0.05) is 25.1 Å². The third-order valence-electron chi connectivity index (χ3n) is 2.34. The Kier molecular flexibility index (Phi) is 6.49. The van der Waals surface area contributed by atoms with Gasteiger partial charge in [0, 0.05) is 41.5 Å². The van der Waals surface area contributed by atoms with Gasteiger partial charge in [-0.3, -0.25) is 0 Å². The number of aliphatic hydroxyl groups is 1. The summed E-state index contributed by atoms with van der Waals surface area (Å²) >= 11 is 0. The standard InChI is InChI=1S/C12H12O3.Na.H2O/c1-2-5-9(13)11-8-6-3-4-7-10(8)15-12(11)14;;/h3-4,6-7,13H,2,5H2,1H3;;1H2/b11-9-;;. The average molecular weight is 245 g/mol. The van der Waals surface area contributed by atoms with E-state index in [2.05, 4.69) is 0 Å². The maximum Gasteiger partial charge on any atom is 0.347 e. The molecule has 0 saturated carbocycles. The van der Waals surface area contributed by atoms with Crippen molar-refractivity contribution in [3.8, 4) is 5.75 Å². The summed E-state index contributed by atoms with van der Waals surface area (Å²) in [5.74, 6) is 0.190. The summed E-state index contributed by atoms with van der Waals surface area (Å²) in [6, 6.07) is 7.12. The molecule has 0 spiro atoms. The maximum atomic E-state index is 11.5. The Bertz CT molecular complexity index is 440. The van der Waals surface area contributed by atoms with Gasteiger partial charge >= 0.3 is 5.97 Å². The molecule has 0 aromatic heterocycles. The molecule has 1 heterocycles. The molecule has 1 radical (unpaired) electrons. The van der Waals surface area contributed by atoms with Crippen molar-refractivity contribution >= 4 is 41.1 Å². The van der Waals surface area contributed by atoms with Crippen LogP contribution >= 0.6 is 0 Å². The fraction of sp³-hybridized carbons (Fsp3) is 0.250. The van der Waals surface area contributed by atoms with Crippen molar-refractivity contribution in [3.63, 3.8) is 0 Å². The fourth-order valence-electron chi connectivity index (χ4n) is 1.66. The Morgan fingerprint density at radius 2 is 2.00 bits per heavy atom. The SMILES string of the molecule is CCC/C(O)=C1/C(=O)Oc2ccccc21.O.[Na]. The normalized spacial score (nSPS) is 15.2. The average Bonchev–Trinajstić information content (AvgIpc) is 2.54. The molecule has 1 aromatic carbocycles. The Labute approximate surface area is 122 Å². The van der Waals surface area contributed by atoms with Crippen molar-refractivity contribution in [3.05, 3.63) is 35.6 Å². The van der Waals surface area contributed by atoms with Crippen LogP contribution < -0.4 is 4.74 Å². The van der Waals surface area contributed by atoms with Gasteiger partial charge in [0.15, 0.2) is 0 Å². The quantitative estimate of drug-likeness (QED) is 0.282. The van der Waals surface area contributed by atoms with Crippen LogP contribution in [0.25, 0.3) is 5.57 Å². The molecule has 2 rings (SSSR count). The van der Waals surface area contributed by atoms with Gasteiger partial charge in [-0.15, -0.1) is 0 Å². The number of fused-ring (bicyclic) bond motifs is 1. The Hall–Kier alpha value is -0.810. The zero-order valence-corrected chi connectivity index (χ0v) is 12.0. The molecule has 87 valence electrons. The molecule has 1 aliphatic heterocycles. The predicted molar refractivity (Wildman–Crippen MR) is 65.9 cm³/mol. The molecule has 0 unspecified atom stereocenters. The molecule has 0 atom stereocenters. The molecular formula is C12H14NaO4. The van der Waals surface area contributed by atoms with Gasteiger partial charge in [-0.05, 0) is 12.5 Å². The van der Waals surface area contributed by atoms with E-state index < -0.39 is 5.97 Å². The summed E-state index contributed by atoms with van der Waals surface area (Å²) < 4.78 is 5.03. The Morgan fingerprint density at radius 1 is 1.35 bits per heavy atom. The van der Waals surface area contributed by atoms with Crippen molar-refractivity contribution < 1.29 is 20.1 Å². The number of rotatable bonds is 2. The van der Waals surface area contributed by atoms with Crippen LogP contribution in [0.3, 0.4) is 0 Å². The van der Waals surface area contributed by atoms with Crippen molar-refractivity contribution in [1.29, 1.82) is 0 Å². The van der Waals surface area contributed by atoms with E-state index in [0.717, 1.165) is 6.42 Å². The maximum absolute atomic E-state index is 11.5. The van der Waals surface area contributed by atoms with Gasteiger partial charge < -0.3 is 15.3 Å². The second-order valence-electron chi connectivity index (χ2n) is 3.46. The van der Waals surface area contributed by atoms with E-state index in [0.29, 0.717) is 23.3 Å². The number of carbonyl (C=O) groups excluding carboxylic acids is 1. The van der Waals surface area contributed by atoms with Gasteiger partial charge in [0.2, 0.25) is 0 Å². The van der Waals surface area contributed by atoms with Crippen LogP contribution in [0.1, 0.15) is 25.3 Å². The van der Waals surface area contributed by atoms with Gasteiger partial charge in [0.25, 0.3) is 0 Å². The van der Waals surface area contributed by atoms with E-state index in [1.165, 1.54) is 0 Å². The molecule has 0 bridgehead atoms. The first-order chi connectivity index (χ1) is 7.24. The molecule has 0 fully saturated rings. The minimum atomic E-state index is -0.456. The first kappa shape index (κ1) is 16.2. The Balaban J connectivity index is 0.00000128. The van der Waals surface area contributed by atoms with Crippen LogP contribution in [0.4, 0.5) is 0 Å². The van der Waals surface area contributed by atoms with E-state index >= 15 is 0 Å². The fourth-order valence-corrected chi connectivity index (χ4v) is 1.66. The topological polar surface area (TPSA) is 78.0 Å². The van der Waals surface area contributed by atoms with Gasteiger partial charge in [0.1, 0.15) is 17.1 Å². The second-order valence-corrected chi connectivity index (χ2v) is 3.46. The van der Waals surface area contributed by atoms with Gasteiger partial charge in [-0.25, -0.2) is 4.79 Å². The zero-order valence-electron chi connectivity index (χ0n) is 9.99. The number of aliphatic hydroxyl groups excluding tert-OH is 1. The molecular weight excluding hydrogens is 231 g/mol. The largest absolute Gasteiger partial charge is 0.511 e. The molecule has 0 saturated heterocycles. The first-order valence-corrected chi connectivity index (χ1v) is 4.97.